The number of carbonyl (C=O) groups is 3. The fourth-order valence-corrected chi connectivity index (χ4v) is 4.69. The number of benzene rings is 3. The predicted molar refractivity (Wildman–Crippen MR) is 148 cm³/mol. The fourth-order valence-electron chi connectivity index (χ4n) is 3.88. The monoisotopic (exact) mass is 514 g/mol. The van der Waals surface area contributed by atoms with E-state index >= 15 is 0 Å². The van der Waals surface area contributed by atoms with Crippen molar-refractivity contribution in [2.75, 3.05) is 23.1 Å². The molecule has 9 heteroatoms. The smallest absolute Gasteiger partial charge is 0.283 e. The standard InChI is InChI=1S/C28H26N4O4S/c1-17-12-18(2)14-20(13-17)32-27(35)24(15-19-8-10-21(36-3)11-9-19)31-28(32)37-16-25(33)30-23-7-5-4-6-22(23)26(29)34/h4-15H,16H2,1-3H3,(H2,29,34)(H,30,33). The van der Waals surface area contributed by atoms with E-state index < -0.39 is 5.91 Å². The Balaban J connectivity index is 1.60. The molecule has 1 aliphatic heterocycles. The number of amides is 3. The third-order valence-electron chi connectivity index (χ3n) is 5.51. The summed E-state index contributed by atoms with van der Waals surface area (Å²) in [5, 5.41) is 3.10. The summed E-state index contributed by atoms with van der Waals surface area (Å²) in [7, 11) is 1.59. The normalized spacial score (nSPS) is 14.0. The summed E-state index contributed by atoms with van der Waals surface area (Å²) in [6.45, 7) is 3.91. The number of methoxy groups -OCH3 is 1. The van der Waals surface area contributed by atoms with Crippen LogP contribution < -0.4 is 20.7 Å². The highest BCUT2D eigenvalue weighted by Crippen LogP contribution is 2.31. The van der Waals surface area contributed by atoms with Gasteiger partial charge in [-0.15, -0.1) is 0 Å². The van der Waals surface area contributed by atoms with Crippen LogP contribution in [-0.4, -0.2) is 35.8 Å². The van der Waals surface area contributed by atoms with Crippen molar-refractivity contribution in [3.63, 3.8) is 0 Å². The van der Waals surface area contributed by atoms with Gasteiger partial charge in [0.2, 0.25) is 5.91 Å². The molecule has 1 aliphatic rings. The Morgan fingerprint density at radius 1 is 1.05 bits per heavy atom. The summed E-state index contributed by atoms with van der Waals surface area (Å²) in [5.41, 5.74) is 9.68. The lowest BCUT2D eigenvalue weighted by atomic mass is 10.1. The molecule has 3 amide bonds. The zero-order chi connectivity index (χ0) is 26.5. The molecule has 0 spiro atoms. The van der Waals surface area contributed by atoms with E-state index in [0.717, 1.165) is 28.5 Å². The van der Waals surface area contributed by atoms with Gasteiger partial charge in [0.15, 0.2) is 5.17 Å². The molecular formula is C28H26N4O4S. The number of aryl methyl sites for hydroxylation is 2. The van der Waals surface area contributed by atoms with E-state index in [0.29, 0.717) is 22.3 Å². The van der Waals surface area contributed by atoms with Crippen LogP contribution in [0.4, 0.5) is 11.4 Å². The molecule has 3 N–H and O–H groups in total. The maximum atomic E-state index is 13.5. The lowest BCUT2D eigenvalue weighted by Gasteiger charge is -2.19. The average Bonchev–Trinajstić information content (AvgIpc) is 3.17. The average molecular weight is 515 g/mol. The molecule has 188 valence electrons. The van der Waals surface area contributed by atoms with Crippen molar-refractivity contribution in [2.45, 2.75) is 13.8 Å². The number of aliphatic imine (C=N–C) groups is 1. The summed E-state index contributed by atoms with van der Waals surface area (Å²) < 4.78 is 5.20. The molecule has 3 aromatic carbocycles. The van der Waals surface area contributed by atoms with Crippen LogP contribution in [-0.2, 0) is 9.59 Å². The molecule has 1 heterocycles. The third kappa shape index (κ3) is 6.07. The number of para-hydroxylation sites is 1. The molecule has 4 rings (SSSR count). The van der Waals surface area contributed by atoms with Crippen LogP contribution in [0, 0.1) is 13.8 Å². The largest absolute Gasteiger partial charge is 0.497 e. The quantitative estimate of drug-likeness (QED) is 0.450. The lowest BCUT2D eigenvalue weighted by molar-refractivity contribution is -0.114. The maximum Gasteiger partial charge on any atom is 0.283 e. The molecule has 0 aliphatic carbocycles. The van der Waals surface area contributed by atoms with Gasteiger partial charge in [-0.2, -0.15) is 0 Å². The van der Waals surface area contributed by atoms with Gasteiger partial charge in [-0.25, -0.2) is 4.99 Å². The second-order valence-electron chi connectivity index (χ2n) is 8.43. The van der Waals surface area contributed by atoms with Crippen LogP contribution in [0.5, 0.6) is 5.75 Å². The number of hydrogen-bond acceptors (Lipinski definition) is 6. The van der Waals surface area contributed by atoms with E-state index in [2.05, 4.69) is 10.3 Å². The van der Waals surface area contributed by atoms with E-state index in [4.69, 9.17) is 10.5 Å². The Morgan fingerprint density at radius 2 is 1.73 bits per heavy atom. The lowest BCUT2D eigenvalue weighted by Crippen LogP contribution is -2.31. The highest BCUT2D eigenvalue weighted by atomic mass is 32.2. The second-order valence-corrected chi connectivity index (χ2v) is 9.37. The van der Waals surface area contributed by atoms with Crippen molar-refractivity contribution in [3.8, 4) is 5.75 Å². The van der Waals surface area contributed by atoms with Crippen molar-refractivity contribution in [1.82, 2.24) is 0 Å². The molecule has 0 bridgehead atoms. The van der Waals surface area contributed by atoms with Crippen LogP contribution in [0.1, 0.15) is 27.0 Å². The van der Waals surface area contributed by atoms with E-state index in [-0.39, 0.29) is 28.8 Å². The van der Waals surface area contributed by atoms with E-state index in [1.54, 1.807) is 49.6 Å². The Labute approximate surface area is 219 Å². The number of carbonyl (C=O) groups excluding carboxylic acids is 3. The number of nitrogens with one attached hydrogen (secondary N) is 1. The van der Waals surface area contributed by atoms with Gasteiger partial charge in [-0.3, -0.25) is 19.3 Å². The van der Waals surface area contributed by atoms with E-state index in [1.165, 1.54) is 4.90 Å². The first kappa shape index (κ1) is 25.7. The van der Waals surface area contributed by atoms with Gasteiger partial charge in [-0.1, -0.05) is 42.1 Å². The number of rotatable bonds is 7. The fraction of sp³-hybridized carbons (Fsp3) is 0.143. The summed E-state index contributed by atoms with van der Waals surface area (Å²) in [4.78, 5) is 44.0. The molecule has 0 fully saturated rings. The maximum absolute atomic E-state index is 13.5. The minimum atomic E-state index is -0.636. The SMILES string of the molecule is COc1ccc(C=C2N=C(SCC(=O)Nc3ccccc3C(N)=O)N(c3cc(C)cc(C)c3)C2=O)cc1. The Kier molecular flexibility index (Phi) is 7.74. The van der Waals surface area contributed by atoms with Gasteiger partial charge < -0.3 is 15.8 Å². The molecular weight excluding hydrogens is 488 g/mol. The Bertz CT molecular complexity index is 1410. The first-order chi connectivity index (χ1) is 17.7. The molecule has 0 aromatic heterocycles. The zero-order valence-electron chi connectivity index (χ0n) is 20.6. The summed E-state index contributed by atoms with van der Waals surface area (Å²) in [5.74, 6) is -0.607. The number of ether oxygens (including phenoxy) is 1. The number of amidine groups is 1. The highest BCUT2D eigenvalue weighted by Gasteiger charge is 2.32. The van der Waals surface area contributed by atoms with Gasteiger partial charge in [0.05, 0.1) is 29.8 Å². The Hall–Kier alpha value is -4.37. The molecule has 0 radical (unpaired) electrons. The van der Waals surface area contributed by atoms with Gasteiger partial charge in [0.1, 0.15) is 11.4 Å². The second kappa shape index (κ2) is 11.1. The molecule has 0 saturated carbocycles. The Morgan fingerprint density at radius 3 is 2.38 bits per heavy atom. The van der Waals surface area contributed by atoms with Gasteiger partial charge >= 0.3 is 0 Å². The number of hydrogen-bond donors (Lipinski definition) is 2. The summed E-state index contributed by atoms with van der Waals surface area (Å²) in [6, 6.07) is 19.6. The topological polar surface area (TPSA) is 114 Å². The van der Waals surface area contributed by atoms with Gasteiger partial charge in [0.25, 0.3) is 11.8 Å². The molecule has 3 aromatic rings. The molecule has 0 unspecified atom stereocenters. The van der Waals surface area contributed by atoms with Crippen LogP contribution in [0.15, 0.2) is 77.4 Å². The first-order valence-corrected chi connectivity index (χ1v) is 12.4. The third-order valence-corrected chi connectivity index (χ3v) is 6.45. The van der Waals surface area contributed by atoms with Gasteiger partial charge in [0, 0.05) is 0 Å². The van der Waals surface area contributed by atoms with E-state index in [9.17, 15) is 14.4 Å². The number of nitrogens with zero attached hydrogens (tertiary/aromatic N) is 2. The van der Waals surface area contributed by atoms with Crippen LogP contribution in [0.3, 0.4) is 0 Å². The van der Waals surface area contributed by atoms with Gasteiger partial charge in [-0.05, 0) is 73.0 Å². The number of anilines is 2. The van der Waals surface area contributed by atoms with Crippen LogP contribution in [0.25, 0.3) is 6.08 Å². The predicted octanol–water partition coefficient (Wildman–Crippen LogP) is 4.53. The minimum absolute atomic E-state index is 0.0314. The summed E-state index contributed by atoms with van der Waals surface area (Å²) >= 11 is 1.13. The zero-order valence-corrected chi connectivity index (χ0v) is 21.5. The number of primary amides is 1. The van der Waals surface area contributed by atoms with Crippen molar-refractivity contribution in [1.29, 1.82) is 0 Å². The van der Waals surface area contributed by atoms with Crippen molar-refractivity contribution in [2.24, 2.45) is 10.7 Å². The number of nitrogens with two attached hydrogens (primary N) is 1. The van der Waals surface area contributed by atoms with Crippen molar-refractivity contribution >= 4 is 52.1 Å². The molecule has 0 atom stereocenters. The minimum Gasteiger partial charge on any atom is -0.497 e. The highest BCUT2D eigenvalue weighted by molar-refractivity contribution is 8.14. The first-order valence-electron chi connectivity index (χ1n) is 11.4. The van der Waals surface area contributed by atoms with E-state index in [1.807, 2.05) is 44.2 Å². The molecule has 0 saturated heterocycles. The molecule has 37 heavy (non-hydrogen) atoms. The van der Waals surface area contributed by atoms with Crippen molar-refractivity contribution < 1.29 is 19.1 Å². The summed E-state index contributed by atoms with van der Waals surface area (Å²) in [6.07, 6.45) is 1.70. The van der Waals surface area contributed by atoms with Crippen LogP contribution >= 0.6 is 11.8 Å². The van der Waals surface area contributed by atoms with Crippen LogP contribution in [0.2, 0.25) is 0 Å². The number of thioether (sulfide) groups is 1. The molecule has 8 nitrogen and oxygen atoms in total. The van der Waals surface area contributed by atoms with Crippen molar-refractivity contribution in [3.05, 3.63) is 94.7 Å².